The average molecular weight is 418 g/mol. The van der Waals surface area contributed by atoms with Crippen molar-refractivity contribution in [1.82, 2.24) is 9.80 Å². The number of likely N-dealkylation sites (tertiary alicyclic amines) is 1. The predicted molar refractivity (Wildman–Crippen MR) is 107 cm³/mol. The number of hydrogen-bond acceptors (Lipinski definition) is 8. The molecule has 2 heterocycles. The Bertz CT molecular complexity index is 843. The van der Waals surface area contributed by atoms with Gasteiger partial charge in [-0.15, -0.1) is 0 Å². The summed E-state index contributed by atoms with van der Waals surface area (Å²) in [5, 5.41) is 3.11. The fourth-order valence-electron chi connectivity index (χ4n) is 3.53. The lowest BCUT2D eigenvalue weighted by Crippen LogP contribution is -2.54. The Hall–Kier alpha value is -2.82. The summed E-state index contributed by atoms with van der Waals surface area (Å²) in [6, 6.07) is 3.98. The van der Waals surface area contributed by atoms with Gasteiger partial charge in [0.25, 0.3) is 17.7 Å². The van der Waals surface area contributed by atoms with Crippen LogP contribution in [0.5, 0.6) is 0 Å². The van der Waals surface area contributed by atoms with Crippen LogP contribution in [0, 0.1) is 0 Å². The average Bonchev–Trinajstić information content (AvgIpc) is 3.00. The quantitative estimate of drug-likeness (QED) is 0.396. The van der Waals surface area contributed by atoms with Gasteiger partial charge in [0.2, 0.25) is 5.91 Å². The molecule has 4 amide bonds. The van der Waals surface area contributed by atoms with Crippen molar-refractivity contribution in [2.45, 2.75) is 18.9 Å². The van der Waals surface area contributed by atoms with Crippen LogP contribution >= 0.6 is 0 Å². The molecule has 0 bridgehead atoms. The van der Waals surface area contributed by atoms with Crippen LogP contribution in [0.25, 0.3) is 0 Å². The number of nitrogens with one attached hydrogen (secondary N) is 1. The maximum absolute atomic E-state index is 13.0. The van der Waals surface area contributed by atoms with Crippen molar-refractivity contribution in [1.29, 1.82) is 0 Å². The molecule has 1 fully saturated rings. The van der Waals surface area contributed by atoms with E-state index >= 15 is 0 Å². The zero-order valence-electron chi connectivity index (χ0n) is 16.9. The smallest absolute Gasteiger partial charge is 0.264 e. The predicted octanol–water partition coefficient (Wildman–Crippen LogP) is -0.166. The largest absolute Gasteiger partial charge is 0.382 e. The van der Waals surface area contributed by atoms with Crippen LogP contribution < -0.4 is 11.1 Å². The fourth-order valence-corrected chi connectivity index (χ4v) is 3.53. The molecule has 10 heteroatoms. The molecule has 0 aromatic heterocycles. The van der Waals surface area contributed by atoms with Gasteiger partial charge in [0, 0.05) is 32.2 Å². The van der Waals surface area contributed by atoms with Crippen LogP contribution in [-0.2, 0) is 19.1 Å². The Morgan fingerprint density at radius 2 is 1.80 bits per heavy atom. The van der Waals surface area contributed by atoms with Crippen molar-refractivity contribution in [2.24, 2.45) is 5.73 Å². The van der Waals surface area contributed by atoms with Gasteiger partial charge in [-0.2, -0.15) is 0 Å². The molecule has 0 radical (unpaired) electrons. The van der Waals surface area contributed by atoms with E-state index in [4.69, 9.17) is 15.2 Å². The van der Waals surface area contributed by atoms with Crippen LogP contribution in [0.15, 0.2) is 18.2 Å². The lowest BCUT2D eigenvalue weighted by Gasteiger charge is -2.32. The SMILES string of the molecule is CN1C(=O)CCC(N2C(=O)c3cccc(NCCOCCOCCN)c3C2=O)C1=O. The summed E-state index contributed by atoms with van der Waals surface area (Å²) < 4.78 is 10.7. The molecule has 162 valence electrons. The monoisotopic (exact) mass is 418 g/mol. The standard InChI is InChI=1S/C20H26N4O6/c1-23-16(25)6-5-15(19(23)27)24-18(26)13-3-2-4-14(17(13)20(24)28)22-8-10-30-12-11-29-9-7-21/h2-4,15,22H,5-12,21H2,1H3. The third-order valence-corrected chi connectivity index (χ3v) is 5.08. The van der Waals surface area contributed by atoms with Gasteiger partial charge < -0.3 is 20.5 Å². The second-order valence-corrected chi connectivity index (χ2v) is 6.99. The molecule has 3 rings (SSSR count). The number of ether oxygens (including phenoxy) is 2. The number of nitrogens with two attached hydrogens (primary N) is 1. The van der Waals surface area contributed by atoms with E-state index in [0.717, 1.165) is 9.80 Å². The molecule has 0 saturated carbocycles. The molecule has 10 nitrogen and oxygen atoms in total. The summed E-state index contributed by atoms with van der Waals surface area (Å²) in [4.78, 5) is 52.1. The highest BCUT2D eigenvalue weighted by Gasteiger charge is 2.46. The van der Waals surface area contributed by atoms with Gasteiger partial charge in [-0.1, -0.05) is 6.07 Å². The molecule has 1 aromatic carbocycles. The summed E-state index contributed by atoms with van der Waals surface area (Å²) in [5.41, 5.74) is 6.32. The van der Waals surface area contributed by atoms with Crippen molar-refractivity contribution in [3.8, 4) is 0 Å². The van der Waals surface area contributed by atoms with E-state index in [1.165, 1.54) is 7.05 Å². The first-order valence-corrected chi connectivity index (χ1v) is 9.88. The lowest BCUT2D eigenvalue weighted by atomic mass is 10.0. The van der Waals surface area contributed by atoms with E-state index in [-0.39, 0.29) is 29.9 Å². The Balaban J connectivity index is 1.64. The number of imide groups is 2. The van der Waals surface area contributed by atoms with Gasteiger partial charge in [-0.05, 0) is 18.6 Å². The third-order valence-electron chi connectivity index (χ3n) is 5.08. The molecular weight excluding hydrogens is 392 g/mol. The first kappa shape index (κ1) is 21.9. The number of hydrogen-bond donors (Lipinski definition) is 2. The molecule has 30 heavy (non-hydrogen) atoms. The number of anilines is 1. The Labute approximate surface area is 174 Å². The minimum atomic E-state index is -0.968. The molecule has 2 aliphatic heterocycles. The van der Waals surface area contributed by atoms with Crippen LogP contribution in [0.4, 0.5) is 5.69 Å². The van der Waals surface area contributed by atoms with E-state index in [2.05, 4.69) is 5.32 Å². The summed E-state index contributed by atoms with van der Waals surface area (Å²) in [7, 11) is 1.36. The molecule has 1 unspecified atom stereocenters. The molecule has 1 aromatic rings. The summed E-state index contributed by atoms with van der Waals surface area (Å²) >= 11 is 0. The zero-order valence-corrected chi connectivity index (χ0v) is 16.9. The minimum Gasteiger partial charge on any atom is -0.382 e. The highest BCUT2D eigenvalue weighted by Crippen LogP contribution is 2.33. The first-order chi connectivity index (χ1) is 14.5. The number of rotatable bonds is 10. The maximum atomic E-state index is 13.0. The maximum Gasteiger partial charge on any atom is 0.264 e. The van der Waals surface area contributed by atoms with Gasteiger partial charge in [-0.3, -0.25) is 29.0 Å². The van der Waals surface area contributed by atoms with Gasteiger partial charge in [0.15, 0.2) is 0 Å². The molecule has 2 aliphatic rings. The number of amides is 4. The first-order valence-electron chi connectivity index (χ1n) is 9.88. The van der Waals surface area contributed by atoms with Crippen LogP contribution in [0.2, 0.25) is 0 Å². The Kier molecular flexibility index (Phi) is 7.14. The van der Waals surface area contributed by atoms with Crippen molar-refractivity contribution in [3.05, 3.63) is 29.3 Å². The summed E-state index contributed by atoms with van der Waals surface area (Å²) in [6.45, 7) is 2.63. The minimum absolute atomic E-state index is 0.109. The molecule has 0 aliphatic carbocycles. The number of fused-ring (bicyclic) bond motifs is 1. The van der Waals surface area contributed by atoms with E-state index in [1.54, 1.807) is 18.2 Å². The van der Waals surface area contributed by atoms with Crippen molar-refractivity contribution in [2.75, 3.05) is 51.9 Å². The molecular formula is C20H26N4O6. The number of benzene rings is 1. The molecule has 3 N–H and O–H groups in total. The van der Waals surface area contributed by atoms with Gasteiger partial charge in [0.1, 0.15) is 6.04 Å². The highest BCUT2D eigenvalue weighted by molar-refractivity contribution is 6.25. The van der Waals surface area contributed by atoms with E-state index < -0.39 is 23.8 Å². The number of carbonyl (C=O) groups excluding carboxylic acids is 4. The second-order valence-electron chi connectivity index (χ2n) is 6.99. The lowest BCUT2D eigenvalue weighted by molar-refractivity contribution is -0.149. The second kappa shape index (κ2) is 9.79. The number of piperidine rings is 1. The summed E-state index contributed by atoms with van der Waals surface area (Å²) in [5.74, 6) is -1.91. The topological polar surface area (TPSA) is 131 Å². The van der Waals surface area contributed by atoms with Crippen molar-refractivity contribution >= 4 is 29.3 Å². The van der Waals surface area contributed by atoms with Crippen LogP contribution in [0.1, 0.15) is 33.6 Å². The zero-order chi connectivity index (χ0) is 21.7. The van der Waals surface area contributed by atoms with Gasteiger partial charge in [0.05, 0.1) is 37.6 Å². The number of carbonyl (C=O) groups is 4. The van der Waals surface area contributed by atoms with E-state index in [1.807, 2.05) is 0 Å². The molecule has 1 atom stereocenters. The normalized spacial score (nSPS) is 18.9. The number of nitrogens with zero attached hydrogens (tertiary/aromatic N) is 2. The Morgan fingerprint density at radius 3 is 2.53 bits per heavy atom. The van der Waals surface area contributed by atoms with Crippen LogP contribution in [0.3, 0.4) is 0 Å². The van der Waals surface area contributed by atoms with E-state index in [0.29, 0.717) is 45.2 Å². The molecule has 1 saturated heterocycles. The fraction of sp³-hybridized carbons (Fsp3) is 0.500. The van der Waals surface area contributed by atoms with Gasteiger partial charge >= 0.3 is 0 Å². The highest BCUT2D eigenvalue weighted by atomic mass is 16.5. The van der Waals surface area contributed by atoms with Crippen molar-refractivity contribution < 1.29 is 28.7 Å². The number of likely N-dealkylation sites (N-methyl/N-ethyl adjacent to an activating group) is 1. The summed E-state index contributed by atoms with van der Waals surface area (Å²) in [6.07, 6.45) is 0.244. The van der Waals surface area contributed by atoms with Crippen molar-refractivity contribution in [3.63, 3.8) is 0 Å². The molecule has 0 spiro atoms. The van der Waals surface area contributed by atoms with Gasteiger partial charge in [-0.25, -0.2) is 0 Å². The Morgan fingerprint density at radius 1 is 1.07 bits per heavy atom. The third kappa shape index (κ3) is 4.35. The van der Waals surface area contributed by atoms with E-state index in [9.17, 15) is 19.2 Å². The van der Waals surface area contributed by atoms with Crippen LogP contribution in [-0.4, -0.2) is 86.0 Å².